The van der Waals surface area contributed by atoms with Crippen molar-refractivity contribution in [3.63, 3.8) is 0 Å². The van der Waals surface area contributed by atoms with Crippen molar-refractivity contribution in [2.45, 2.75) is 6.54 Å². The van der Waals surface area contributed by atoms with Gasteiger partial charge in [-0.3, -0.25) is 4.79 Å². The average Bonchev–Trinajstić information content (AvgIpc) is 3.10. The van der Waals surface area contributed by atoms with Gasteiger partial charge in [-0.25, -0.2) is 0 Å². The molecule has 2 aliphatic rings. The van der Waals surface area contributed by atoms with Crippen LogP contribution >= 0.6 is 0 Å². The molecule has 0 unspecified atom stereocenters. The molecule has 0 bridgehead atoms. The SMILES string of the molecule is O=C(c1ccccc1)N1CC[NH+](Cc2ccc3c(c2)OCO3)CC1. The molecule has 0 aromatic heterocycles. The number of fused-ring (bicyclic) bond motifs is 1. The molecule has 1 fully saturated rings. The second kappa shape index (κ2) is 6.53. The van der Waals surface area contributed by atoms with E-state index in [1.807, 2.05) is 41.3 Å². The lowest BCUT2D eigenvalue weighted by Gasteiger charge is -2.32. The Morgan fingerprint density at radius 1 is 1.00 bits per heavy atom. The first-order valence-corrected chi connectivity index (χ1v) is 8.36. The zero-order valence-corrected chi connectivity index (χ0v) is 13.5. The Balaban J connectivity index is 1.34. The van der Waals surface area contributed by atoms with Gasteiger partial charge in [0.1, 0.15) is 6.54 Å². The highest BCUT2D eigenvalue weighted by Gasteiger charge is 2.25. The van der Waals surface area contributed by atoms with E-state index in [9.17, 15) is 4.79 Å². The monoisotopic (exact) mass is 325 g/mol. The number of amides is 1. The van der Waals surface area contributed by atoms with Crippen molar-refractivity contribution in [2.75, 3.05) is 33.0 Å². The highest BCUT2D eigenvalue weighted by atomic mass is 16.7. The number of hydrogen-bond acceptors (Lipinski definition) is 3. The molecule has 0 spiro atoms. The summed E-state index contributed by atoms with van der Waals surface area (Å²) >= 11 is 0. The number of carbonyl (C=O) groups is 1. The standard InChI is InChI=1S/C19H20N2O3/c22-19(16-4-2-1-3-5-16)21-10-8-20(9-11-21)13-15-6-7-17-18(12-15)24-14-23-17/h1-7,12H,8-11,13-14H2/p+1. The molecule has 1 saturated heterocycles. The minimum atomic E-state index is 0.137. The summed E-state index contributed by atoms with van der Waals surface area (Å²) in [5.41, 5.74) is 2.02. The lowest BCUT2D eigenvalue weighted by molar-refractivity contribution is -0.917. The lowest BCUT2D eigenvalue weighted by Crippen LogP contribution is -3.13. The molecule has 0 atom stereocenters. The van der Waals surface area contributed by atoms with Gasteiger partial charge in [0.2, 0.25) is 6.79 Å². The zero-order chi connectivity index (χ0) is 16.4. The Bertz CT molecular complexity index is 725. The van der Waals surface area contributed by atoms with Crippen molar-refractivity contribution >= 4 is 5.91 Å². The van der Waals surface area contributed by atoms with Gasteiger partial charge in [0.05, 0.1) is 26.2 Å². The van der Waals surface area contributed by atoms with Crippen LogP contribution in [0.15, 0.2) is 48.5 Å². The van der Waals surface area contributed by atoms with Crippen LogP contribution in [0.5, 0.6) is 11.5 Å². The van der Waals surface area contributed by atoms with Gasteiger partial charge in [-0.15, -0.1) is 0 Å². The molecule has 2 aromatic carbocycles. The molecule has 0 aliphatic carbocycles. The van der Waals surface area contributed by atoms with Gasteiger partial charge in [0, 0.05) is 11.1 Å². The molecule has 2 heterocycles. The Labute approximate surface area is 141 Å². The minimum absolute atomic E-state index is 0.137. The first-order valence-electron chi connectivity index (χ1n) is 8.36. The lowest BCUT2D eigenvalue weighted by atomic mass is 10.1. The van der Waals surface area contributed by atoms with Gasteiger partial charge in [0.25, 0.3) is 5.91 Å². The van der Waals surface area contributed by atoms with Crippen LogP contribution in [0.4, 0.5) is 0 Å². The molecule has 2 aromatic rings. The van der Waals surface area contributed by atoms with Crippen LogP contribution in [0.25, 0.3) is 0 Å². The van der Waals surface area contributed by atoms with E-state index >= 15 is 0 Å². The zero-order valence-electron chi connectivity index (χ0n) is 13.5. The molecular weight excluding hydrogens is 304 g/mol. The number of benzene rings is 2. The van der Waals surface area contributed by atoms with Crippen LogP contribution in [0.2, 0.25) is 0 Å². The number of quaternary nitrogens is 1. The molecule has 2 aliphatic heterocycles. The maximum absolute atomic E-state index is 12.5. The van der Waals surface area contributed by atoms with Crippen molar-refractivity contribution in [1.82, 2.24) is 4.90 Å². The van der Waals surface area contributed by atoms with E-state index in [2.05, 4.69) is 12.1 Å². The highest BCUT2D eigenvalue weighted by molar-refractivity contribution is 5.94. The summed E-state index contributed by atoms with van der Waals surface area (Å²) in [4.78, 5) is 15.9. The van der Waals surface area contributed by atoms with Crippen LogP contribution in [0.1, 0.15) is 15.9 Å². The Morgan fingerprint density at radius 2 is 1.75 bits per heavy atom. The normalized spacial score (nSPS) is 17.1. The Hall–Kier alpha value is -2.53. The van der Waals surface area contributed by atoms with Crippen molar-refractivity contribution in [3.8, 4) is 11.5 Å². The van der Waals surface area contributed by atoms with Gasteiger partial charge < -0.3 is 19.3 Å². The predicted octanol–water partition coefficient (Wildman–Crippen LogP) is 0.956. The van der Waals surface area contributed by atoms with Crippen molar-refractivity contribution < 1.29 is 19.2 Å². The fourth-order valence-corrected chi connectivity index (χ4v) is 3.31. The van der Waals surface area contributed by atoms with Gasteiger partial charge >= 0.3 is 0 Å². The second-order valence-corrected chi connectivity index (χ2v) is 6.27. The summed E-state index contributed by atoms with van der Waals surface area (Å²) < 4.78 is 10.8. The summed E-state index contributed by atoms with van der Waals surface area (Å²) in [6.45, 7) is 4.79. The van der Waals surface area contributed by atoms with Crippen molar-refractivity contribution in [3.05, 3.63) is 59.7 Å². The largest absolute Gasteiger partial charge is 0.454 e. The number of rotatable bonds is 3. The van der Waals surface area contributed by atoms with Crippen LogP contribution in [0, 0.1) is 0 Å². The molecule has 24 heavy (non-hydrogen) atoms. The number of piperazine rings is 1. The summed E-state index contributed by atoms with van der Waals surface area (Å²) in [5, 5.41) is 0. The Morgan fingerprint density at radius 3 is 2.54 bits per heavy atom. The van der Waals surface area contributed by atoms with E-state index in [0.29, 0.717) is 6.79 Å². The fourth-order valence-electron chi connectivity index (χ4n) is 3.31. The van der Waals surface area contributed by atoms with Crippen LogP contribution in [-0.4, -0.2) is 43.8 Å². The van der Waals surface area contributed by atoms with E-state index < -0.39 is 0 Å². The smallest absolute Gasteiger partial charge is 0.254 e. The van der Waals surface area contributed by atoms with E-state index in [1.165, 1.54) is 10.5 Å². The molecule has 1 amide bonds. The maximum atomic E-state index is 12.5. The minimum Gasteiger partial charge on any atom is -0.454 e. The van der Waals surface area contributed by atoms with E-state index in [4.69, 9.17) is 9.47 Å². The second-order valence-electron chi connectivity index (χ2n) is 6.27. The van der Waals surface area contributed by atoms with Gasteiger partial charge in [-0.2, -0.15) is 0 Å². The average molecular weight is 325 g/mol. The molecule has 0 saturated carbocycles. The van der Waals surface area contributed by atoms with Crippen molar-refractivity contribution in [2.24, 2.45) is 0 Å². The summed E-state index contributed by atoms with van der Waals surface area (Å²) in [5.74, 6) is 1.80. The highest BCUT2D eigenvalue weighted by Crippen LogP contribution is 2.32. The topological polar surface area (TPSA) is 43.2 Å². The third-order valence-electron chi connectivity index (χ3n) is 4.67. The third kappa shape index (κ3) is 3.08. The maximum Gasteiger partial charge on any atom is 0.254 e. The number of hydrogen-bond donors (Lipinski definition) is 1. The van der Waals surface area contributed by atoms with Crippen LogP contribution in [0.3, 0.4) is 0 Å². The van der Waals surface area contributed by atoms with Crippen molar-refractivity contribution in [1.29, 1.82) is 0 Å². The molecule has 5 heteroatoms. The third-order valence-corrected chi connectivity index (χ3v) is 4.67. The molecule has 1 N–H and O–H groups in total. The quantitative estimate of drug-likeness (QED) is 0.914. The first kappa shape index (κ1) is 15.0. The van der Waals surface area contributed by atoms with E-state index in [-0.39, 0.29) is 5.91 Å². The summed E-state index contributed by atoms with van der Waals surface area (Å²) in [7, 11) is 0. The number of carbonyl (C=O) groups excluding carboxylic acids is 1. The molecule has 5 nitrogen and oxygen atoms in total. The first-order chi connectivity index (χ1) is 11.8. The molecule has 124 valence electrons. The molecule has 0 radical (unpaired) electrons. The Kier molecular flexibility index (Phi) is 4.09. The van der Waals surface area contributed by atoms with Gasteiger partial charge in [0.15, 0.2) is 11.5 Å². The van der Waals surface area contributed by atoms with Gasteiger partial charge in [-0.05, 0) is 30.3 Å². The van der Waals surface area contributed by atoms with E-state index in [1.54, 1.807) is 0 Å². The molecular formula is C19H21N2O3+. The van der Waals surface area contributed by atoms with E-state index in [0.717, 1.165) is 49.8 Å². The van der Waals surface area contributed by atoms with Crippen LogP contribution in [-0.2, 0) is 6.54 Å². The molecule has 4 rings (SSSR count). The number of nitrogens with zero attached hydrogens (tertiary/aromatic N) is 1. The van der Waals surface area contributed by atoms with Crippen LogP contribution < -0.4 is 14.4 Å². The number of nitrogens with one attached hydrogen (secondary N) is 1. The summed E-state index contributed by atoms with van der Waals surface area (Å²) in [6.07, 6.45) is 0. The number of ether oxygens (including phenoxy) is 2. The van der Waals surface area contributed by atoms with Gasteiger partial charge in [-0.1, -0.05) is 18.2 Å². The fraction of sp³-hybridized carbons (Fsp3) is 0.316. The summed E-state index contributed by atoms with van der Waals surface area (Å²) in [6, 6.07) is 15.7. The predicted molar refractivity (Wildman–Crippen MR) is 89.3 cm³/mol.